The Labute approximate surface area is 119 Å². The van der Waals surface area contributed by atoms with Crippen LogP contribution >= 0.6 is 0 Å². The Morgan fingerprint density at radius 1 is 1.10 bits per heavy atom. The van der Waals surface area contributed by atoms with Gasteiger partial charge in [-0.15, -0.1) is 0 Å². The summed E-state index contributed by atoms with van der Waals surface area (Å²) in [6.45, 7) is 1.44. The summed E-state index contributed by atoms with van der Waals surface area (Å²) in [6.07, 6.45) is 0. The van der Waals surface area contributed by atoms with Crippen molar-refractivity contribution >= 4 is 22.7 Å². The fourth-order valence-corrected chi connectivity index (χ4v) is 1.93. The summed E-state index contributed by atoms with van der Waals surface area (Å²) in [5.41, 5.74) is 0.123. The van der Waals surface area contributed by atoms with Crippen molar-refractivity contribution in [2.24, 2.45) is 0 Å². The minimum atomic E-state index is -0.682. The molecule has 0 saturated carbocycles. The first-order valence-corrected chi connectivity index (χ1v) is 6.12. The van der Waals surface area contributed by atoms with Gasteiger partial charge in [-0.1, -0.05) is 6.07 Å². The van der Waals surface area contributed by atoms with Crippen LogP contribution in [0.4, 0.5) is 31.5 Å². The number of halogens is 2. The number of nitro groups is 1. The molecular weight excluding hydrogens is 280 g/mol. The Balaban J connectivity index is 2.49. The van der Waals surface area contributed by atoms with Crippen LogP contribution < -0.4 is 10.6 Å². The monoisotopic (exact) mass is 293 g/mol. The Morgan fingerprint density at radius 2 is 1.76 bits per heavy atom. The van der Waals surface area contributed by atoms with Gasteiger partial charge in [-0.05, 0) is 30.7 Å². The second-order valence-corrected chi connectivity index (χ2v) is 4.42. The second-order valence-electron chi connectivity index (χ2n) is 4.42. The van der Waals surface area contributed by atoms with E-state index in [-0.39, 0.29) is 28.3 Å². The lowest BCUT2D eigenvalue weighted by Gasteiger charge is -2.11. The Kier molecular flexibility index (Phi) is 4.02. The van der Waals surface area contributed by atoms with Crippen molar-refractivity contribution in [3.05, 3.63) is 57.6 Å². The van der Waals surface area contributed by atoms with Crippen molar-refractivity contribution in [2.75, 3.05) is 17.7 Å². The maximum absolute atomic E-state index is 13.8. The zero-order valence-electron chi connectivity index (χ0n) is 11.4. The van der Waals surface area contributed by atoms with Crippen molar-refractivity contribution in [3.8, 4) is 0 Å². The van der Waals surface area contributed by atoms with E-state index in [0.717, 1.165) is 12.1 Å². The van der Waals surface area contributed by atoms with Gasteiger partial charge in [0.2, 0.25) is 0 Å². The first-order valence-electron chi connectivity index (χ1n) is 6.12. The molecule has 5 nitrogen and oxygen atoms in total. The van der Waals surface area contributed by atoms with Crippen LogP contribution in [0, 0.1) is 28.7 Å². The standard InChI is InChI=1S/C14H13F2N3O2/c1-8-6-10(16)13(7-9(8)15)18-12-5-3-4-11(17-2)14(12)19(20)21/h3-7,17-18H,1-2H3. The molecule has 2 aromatic rings. The van der Waals surface area contributed by atoms with Crippen molar-refractivity contribution in [3.63, 3.8) is 0 Å². The maximum atomic E-state index is 13.8. The number of benzene rings is 2. The van der Waals surface area contributed by atoms with Crippen LogP contribution in [0.1, 0.15) is 5.56 Å². The average molecular weight is 293 g/mol. The van der Waals surface area contributed by atoms with Crippen LogP contribution in [-0.2, 0) is 0 Å². The van der Waals surface area contributed by atoms with Gasteiger partial charge in [0.1, 0.15) is 23.0 Å². The molecule has 0 saturated heterocycles. The molecule has 0 spiro atoms. The van der Waals surface area contributed by atoms with Gasteiger partial charge >= 0.3 is 5.69 Å². The van der Waals surface area contributed by atoms with Crippen LogP contribution in [0.5, 0.6) is 0 Å². The molecule has 2 aromatic carbocycles. The van der Waals surface area contributed by atoms with Crippen molar-refractivity contribution in [1.29, 1.82) is 0 Å². The van der Waals surface area contributed by atoms with Gasteiger partial charge in [-0.2, -0.15) is 0 Å². The number of aryl methyl sites for hydroxylation is 1. The largest absolute Gasteiger partial charge is 0.382 e. The number of nitrogens with zero attached hydrogens (tertiary/aromatic N) is 1. The molecule has 2 N–H and O–H groups in total. The number of para-hydroxylation sites is 1. The first kappa shape index (κ1) is 14.7. The molecule has 7 heteroatoms. The molecule has 0 aliphatic rings. The molecule has 0 amide bonds. The highest BCUT2D eigenvalue weighted by Gasteiger charge is 2.20. The van der Waals surface area contributed by atoms with E-state index in [1.807, 2.05) is 0 Å². The van der Waals surface area contributed by atoms with E-state index < -0.39 is 16.6 Å². The molecule has 0 aliphatic carbocycles. The number of nitrogens with one attached hydrogen (secondary N) is 2. The van der Waals surface area contributed by atoms with Crippen LogP contribution in [-0.4, -0.2) is 12.0 Å². The molecule has 0 fully saturated rings. The zero-order valence-corrected chi connectivity index (χ0v) is 11.4. The molecule has 0 unspecified atom stereocenters. The van der Waals surface area contributed by atoms with E-state index in [0.29, 0.717) is 0 Å². The molecule has 0 bridgehead atoms. The summed E-state index contributed by atoms with van der Waals surface area (Å²) in [5, 5.41) is 16.4. The third-order valence-electron chi connectivity index (χ3n) is 3.01. The molecule has 2 rings (SSSR count). The topological polar surface area (TPSA) is 67.2 Å². The number of nitro benzene ring substituents is 1. The molecule has 0 heterocycles. The van der Waals surface area contributed by atoms with Crippen LogP contribution in [0.3, 0.4) is 0 Å². The predicted octanol–water partition coefficient (Wildman–Crippen LogP) is 3.97. The molecule has 110 valence electrons. The van der Waals surface area contributed by atoms with Crippen LogP contribution in [0.15, 0.2) is 30.3 Å². The fraction of sp³-hybridized carbons (Fsp3) is 0.143. The second kappa shape index (κ2) is 5.74. The summed E-state index contributed by atoms with van der Waals surface area (Å²) >= 11 is 0. The number of hydrogen-bond donors (Lipinski definition) is 2. The van der Waals surface area contributed by atoms with E-state index >= 15 is 0 Å². The Bertz CT molecular complexity index is 705. The Hall–Kier alpha value is -2.70. The van der Waals surface area contributed by atoms with E-state index in [1.165, 1.54) is 26.1 Å². The zero-order chi connectivity index (χ0) is 15.6. The molecule has 0 aromatic heterocycles. The lowest BCUT2D eigenvalue weighted by atomic mass is 10.1. The smallest absolute Gasteiger partial charge is 0.315 e. The van der Waals surface area contributed by atoms with Gasteiger partial charge < -0.3 is 10.6 Å². The molecule has 0 aliphatic heterocycles. The summed E-state index contributed by atoms with van der Waals surface area (Å²) in [7, 11) is 1.54. The first-order chi connectivity index (χ1) is 9.93. The predicted molar refractivity (Wildman–Crippen MR) is 77.0 cm³/mol. The van der Waals surface area contributed by atoms with Crippen molar-refractivity contribution < 1.29 is 13.7 Å². The minimum Gasteiger partial charge on any atom is -0.382 e. The van der Waals surface area contributed by atoms with Gasteiger partial charge in [0.15, 0.2) is 0 Å². The highest BCUT2D eigenvalue weighted by molar-refractivity contribution is 5.79. The highest BCUT2D eigenvalue weighted by atomic mass is 19.1. The average Bonchev–Trinajstić information content (AvgIpc) is 2.44. The summed E-state index contributed by atoms with van der Waals surface area (Å²) in [4.78, 5) is 10.6. The van der Waals surface area contributed by atoms with Crippen molar-refractivity contribution in [2.45, 2.75) is 6.92 Å². The van der Waals surface area contributed by atoms with Crippen LogP contribution in [0.2, 0.25) is 0 Å². The van der Waals surface area contributed by atoms with Gasteiger partial charge in [-0.25, -0.2) is 8.78 Å². The molecule has 0 radical (unpaired) electrons. The minimum absolute atomic E-state index is 0.0778. The molecule has 0 atom stereocenters. The summed E-state index contributed by atoms with van der Waals surface area (Å²) in [5.74, 6) is -1.27. The number of anilines is 3. The van der Waals surface area contributed by atoms with Gasteiger partial charge in [0, 0.05) is 13.1 Å². The lowest BCUT2D eigenvalue weighted by Crippen LogP contribution is -2.03. The highest BCUT2D eigenvalue weighted by Crippen LogP contribution is 2.35. The fourth-order valence-electron chi connectivity index (χ4n) is 1.93. The maximum Gasteiger partial charge on any atom is 0.315 e. The number of rotatable bonds is 4. The van der Waals surface area contributed by atoms with E-state index in [4.69, 9.17) is 0 Å². The normalized spacial score (nSPS) is 10.3. The van der Waals surface area contributed by atoms with Gasteiger partial charge in [-0.3, -0.25) is 10.1 Å². The molecular formula is C14H13F2N3O2. The third kappa shape index (κ3) is 2.91. The lowest BCUT2D eigenvalue weighted by molar-refractivity contribution is -0.383. The van der Waals surface area contributed by atoms with E-state index in [2.05, 4.69) is 10.6 Å². The SMILES string of the molecule is CNc1cccc(Nc2cc(F)c(C)cc2F)c1[N+](=O)[O-]. The quantitative estimate of drug-likeness (QED) is 0.661. The van der Waals surface area contributed by atoms with Gasteiger partial charge in [0.25, 0.3) is 0 Å². The Morgan fingerprint density at radius 3 is 2.38 bits per heavy atom. The molecule has 21 heavy (non-hydrogen) atoms. The van der Waals surface area contributed by atoms with Crippen LogP contribution in [0.25, 0.3) is 0 Å². The summed E-state index contributed by atoms with van der Waals surface area (Å²) < 4.78 is 27.3. The van der Waals surface area contributed by atoms with Crippen molar-refractivity contribution in [1.82, 2.24) is 0 Å². The number of hydrogen-bond acceptors (Lipinski definition) is 4. The van der Waals surface area contributed by atoms with E-state index in [9.17, 15) is 18.9 Å². The van der Waals surface area contributed by atoms with Gasteiger partial charge in [0.05, 0.1) is 10.6 Å². The third-order valence-corrected chi connectivity index (χ3v) is 3.01. The summed E-state index contributed by atoms with van der Waals surface area (Å²) in [6, 6.07) is 6.53. The van der Waals surface area contributed by atoms with E-state index in [1.54, 1.807) is 6.07 Å².